The Balaban J connectivity index is 1.45. The molecule has 2 aliphatic heterocycles. The highest BCUT2D eigenvalue weighted by molar-refractivity contribution is 6.07. The number of halogens is 1. The fourth-order valence-corrected chi connectivity index (χ4v) is 4.19. The van der Waals surface area contributed by atoms with Crippen molar-refractivity contribution in [3.05, 3.63) is 58.5 Å². The molecule has 0 aliphatic carbocycles. The molecule has 0 bridgehead atoms. The van der Waals surface area contributed by atoms with Crippen LogP contribution in [0.3, 0.4) is 0 Å². The molecule has 1 aromatic carbocycles. The standard InChI is InChI=1S/C23H26FN5O3/c1-4-15-11-14(2)19(25-13-15)28-7-9-29(10-8-28)20(30)17-6-5-16(12-18(17)24)23(3)21(31)26-22(32)27-23/h5-6,11-13H,4,7-10H2,1-3H3,(H2,26,27,31,32)/t23-/m1/s1. The van der Waals surface area contributed by atoms with Crippen LogP contribution in [0.1, 0.15) is 40.9 Å². The number of benzene rings is 1. The van der Waals surface area contributed by atoms with Gasteiger partial charge < -0.3 is 15.1 Å². The first-order valence-electron chi connectivity index (χ1n) is 10.7. The quantitative estimate of drug-likeness (QED) is 0.712. The predicted octanol–water partition coefficient (Wildman–Crippen LogP) is 2.11. The van der Waals surface area contributed by atoms with Crippen molar-refractivity contribution in [2.24, 2.45) is 0 Å². The van der Waals surface area contributed by atoms with Crippen molar-refractivity contribution in [3.8, 4) is 0 Å². The number of pyridine rings is 1. The van der Waals surface area contributed by atoms with E-state index in [1.165, 1.54) is 24.6 Å². The molecule has 1 aromatic heterocycles. The normalized spacial score (nSPS) is 20.9. The van der Waals surface area contributed by atoms with Gasteiger partial charge in [-0.15, -0.1) is 0 Å². The summed E-state index contributed by atoms with van der Waals surface area (Å²) in [6.45, 7) is 7.73. The van der Waals surface area contributed by atoms with Gasteiger partial charge in [-0.3, -0.25) is 14.9 Å². The number of hydrogen-bond donors (Lipinski definition) is 2. The number of anilines is 1. The first kappa shape index (κ1) is 21.7. The third kappa shape index (κ3) is 3.79. The van der Waals surface area contributed by atoms with Crippen molar-refractivity contribution in [1.82, 2.24) is 20.5 Å². The van der Waals surface area contributed by atoms with Gasteiger partial charge in [-0.25, -0.2) is 14.2 Å². The number of carbonyl (C=O) groups is 3. The number of aromatic nitrogens is 1. The minimum absolute atomic E-state index is 0.0582. The van der Waals surface area contributed by atoms with Crippen LogP contribution in [0.25, 0.3) is 0 Å². The van der Waals surface area contributed by atoms with Crippen molar-refractivity contribution in [3.63, 3.8) is 0 Å². The lowest BCUT2D eigenvalue weighted by atomic mass is 9.91. The number of amides is 4. The molecule has 0 radical (unpaired) electrons. The first-order valence-corrected chi connectivity index (χ1v) is 10.7. The van der Waals surface area contributed by atoms with E-state index in [1.54, 1.807) is 4.90 Å². The van der Waals surface area contributed by atoms with E-state index < -0.39 is 29.2 Å². The van der Waals surface area contributed by atoms with Crippen molar-refractivity contribution in [2.75, 3.05) is 31.1 Å². The fraction of sp³-hybridized carbons (Fsp3) is 0.391. The number of imide groups is 1. The Hall–Kier alpha value is -3.49. The second-order valence-electron chi connectivity index (χ2n) is 8.34. The molecule has 1 atom stereocenters. The minimum Gasteiger partial charge on any atom is -0.353 e. The molecule has 32 heavy (non-hydrogen) atoms. The van der Waals surface area contributed by atoms with Crippen LogP contribution in [-0.4, -0.2) is 53.9 Å². The zero-order valence-corrected chi connectivity index (χ0v) is 18.4. The van der Waals surface area contributed by atoms with Gasteiger partial charge in [-0.05, 0) is 49.1 Å². The Bertz CT molecular complexity index is 1100. The Morgan fingerprint density at radius 2 is 1.91 bits per heavy atom. The molecule has 9 heteroatoms. The Kier molecular flexibility index (Phi) is 5.58. The molecule has 2 aliphatic rings. The molecule has 2 N–H and O–H groups in total. The van der Waals surface area contributed by atoms with Crippen LogP contribution in [0.2, 0.25) is 0 Å². The SMILES string of the molecule is CCc1cnc(N2CCN(C(=O)c3ccc([C@@]4(C)NC(=O)NC4=O)cc3F)CC2)c(C)c1. The highest BCUT2D eigenvalue weighted by Crippen LogP contribution is 2.27. The Morgan fingerprint density at radius 1 is 1.19 bits per heavy atom. The van der Waals surface area contributed by atoms with Gasteiger partial charge in [0.25, 0.3) is 11.8 Å². The topological polar surface area (TPSA) is 94.6 Å². The summed E-state index contributed by atoms with van der Waals surface area (Å²) in [5.74, 6) is -0.773. The third-order valence-electron chi connectivity index (χ3n) is 6.20. The summed E-state index contributed by atoms with van der Waals surface area (Å²) in [7, 11) is 0. The average Bonchev–Trinajstić information content (AvgIpc) is 3.05. The maximum atomic E-state index is 14.9. The molecule has 4 amide bonds. The van der Waals surface area contributed by atoms with Crippen LogP contribution in [0.4, 0.5) is 15.0 Å². The van der Waals surface area contributed by atoms with Crippen LogP contribution >= 0.6 is 0 Å². The van der Waals surface area contributed by atoms with Gasteiger partial charge in [0, 0.05) is 32.4 Å². The van der Waals surface area contributed by atoms with Gasteiger partial charge >= 0.3 is 6.03 Å². The number of nitrogens with zero attached hydrogens (tertiary/aromatic N) is 3. The monoisotopic (exact) mass is 439 g/mol. The molecule has 2 saturated heterocycles. The summed E-state index contributed by atoms with van der Waals surface area (Å²) in [4.78, 5) is 44.9. The van der Waals surface area contributed by atoms with Gasteiger partial charge in [0.2, 0.25) is 0 Å². The van der Waals surface area contributed by atoms with E-state index in [-0.39, 0.29) is 11.1 Å². The van der Waals surface area contributed by atoms with E-state index in [2.05, 4.69) is 33.5 Å². The van der Waals surface area contributed by atoms with Crippen molar-refractivity contribution >= 4 is 23.7 Å². The van der Waals surface area contributed by atoms with E-state index >= 15 is 0 Å². The number of rotatable bonds is 4. The molecule has 0 spiro atoms. The predicted molar refractivity (Wildman–Crippen MR) is 117 cm³/mol. The summed E-state index contributed by atoms with van der Waals surface area (Å²) < 4.78 is 14.9. The molecular weight excluding hydrogens is 413 g/mol. The smallest absolute Gasteiger partial charge is 0.322 e. The van der Waals surface area contributed by atoms with Gasteiger partial charge in [0.1, 0.15) is 17.2 Å². The fourth-order valence-electron chi connectivity index (χ4n) is 4.19. The zero-order chi connectivity index (χ0) is 23.0. The first-order chi connectivity index (χ1) is 15.2. The summed E-state index contributed by atoms with van der Waals surface area (Å²) in [5.41, 5.74) is 1.13. The molecule has 4 rings (SSSR count). The lowest BCUT2D eigenvalue weighted by Crippen LogP contribution is -2.49. The highest BCUT2D eigenvalue weighted by Gasteiger charge is 2.43. The number of aryl methyl sites for hydroxylation is 2. The van der Waals surface area contributed by atoms with E-state index in [0.29, 0.717) is 26.2 Å². The van der Waals surface area contributed by atoms with Crippen molar-refractivity contribution in [2.45, 2.75) is 32.7 Å². The second kappa shape index (κ2) is 8.22. The lowest BCUT2D eigenvalue weighted by molar-refractivity contribution is -0.123. The van der Waals surface area contributed by atoms with E-state index in [0.717, 1.165) is 23.9 Å². The number of piperazine rings is 1. The number of carbonyl (C=O) groups excluding carboxylic acids is 3. The van der Waals surface area contributed by atoms with Crippen LogP contribution in [0.5, 0.6) is 0 Å². The molecule has 8 nitrogen and oxygen atoms in total. The largest absolute Gasteiger partial charge is 0.353 e. The van der Waals surface area contributed by atoms with Crippen LogP contribution in [-0.2, 0) is 16.8 Å². The van der Waals surface area contributed by atoms with Crippen LogP contribution < -0.4 is 15.5 Å². The number of hydrogen-bond acceptors (Lipinski definition) is 5. The van der Waals surface area contributed by atoms with Crippen molar-refractivity contribution < 1.29 is 18.8 Å². The molecule has 3 heterocycles. The van der Waals surface area contributed by atoms with Crippen LogP contribution in [0, 0.1) is 12.7 Å². The van der Waals surface area contributed by atoms with Crippen molar-refractivity contribution in [1.29, 1.82) is 0 Å². The molecule has 2 aromatic rings. The summed E-state index contributed by atoms with van der Waals surface area (Å²) in [6.07, 6.45) is 2.81. The number of nitrogens with one attached hydrogen (secondary N) is 2. The van der Waals surface area contributed by atoms with Gasteiger partial charge in [0.05, 0.1) is 5.56 Å². The maximum absolute atomic E-state index is 14.9. The zero-order valence-electron chi connectivity index (χ0n) is 18.4. The Morgan fingerprint density at radius 3 is 2.47 bits per heavy atom. The van der Waals surface area contributed by atoms with E-state index in [4.69, 9.17) is 0 Å². The average molecular weight is 439 g/mol. The molecular formula is C23H26FN5O3. The minimum atomic E-state index is -1.37. The highest BCUT2D eigenvalue weighted by atomic mass is 19.1. The molecule has 0 saturated carbocycles. The second-order valence-corrected chi connectivity index (χ2v) is 8.34. The van der Waals surface area contributed by atoms with Crippen LogP contribution in [0.15, 0.2) is 30.5 Å². The maximum Gasteiger partial charge on any atom is 0.322 e. The van der Waals surface area contributed by atoms with E-state index in [9.17, 15) is 18.8 Å². The molecule has 2 fully saturated rings. The lowest BCUT2D eigenvalue weighted by Gasteiger charge is -2.36. The summed E-state index contributed by atoms with van der Waals surface area (Å²) in [5, 5.41) is 4.64. The number of urea groups is 1. The summed E-state index contributed by atoms with van der Waals surface area (Å²) in [6, 6.07) is 5.50. The van der Waals surface area contributed by atoms with Gasteiger partial charge in [-0.2, -0.15) is 0 Å². The van der Waals surface area contributed by atoms with Gasteiger partial charge in [-0.1, -0.05) is 19.1 Å². The molecule has 0 unspecified atom stereocenters. The van der Waals surface area contributed by atoms with Gasteiger partial charge in [0.15, 0.2) is 0 Å². The van der Waals surface area contributed by atoms with E-state index in [1.807, 2.05) is 13.1 Å². The third-order valence-corrected chi connectivity index (χ3v) is 6.20. The summed E-state index contributed by atoms with van der Waals surface area (Å²) >= 11 is 0. The molecule has 168 valence electrons. The Labute approximate surface area is 185 Å².